The zero-order valence-electron chi connectivity index (χ0n) is 34.1. The van der Waals surface area contributed by atoms with Gasteiger partial charge in [0, 0.05) is 58.8 Å². The molecule has 0 amide bonds. The van der Waals surface area contributed by atoms with Crippen LogP contribution in [0.4, 0.5) is 17.1 Å². The van der Waals surface area contributed by atoms with Gasteiger partial charge in [-0.1, -0.05) is 188 Å². The Morgan fingerprint density at radius 2 is 0.937 bits per heavy atom. The molecule has 0 saturated heterocycles. The van der Waals surface area contributed by atoms with Crippen molar-refractivity contribution in [2.24, 2.45) is 0 Å². The van der Waals surface area contributed by atoms with Gasteiger partial charge in [-0.05, 0) is 85.6 Å². The van der Waals surface area contributed by atoms with Crippen molar-refractivity contribution in [1.82, 2.24) is 0 Å². The Morgan fingerprint density at radius 1 is 0.349 bits per heavy atom. The quantitative estimate of drug-likeness (QED) is 0.155. The lowest BCUT2D eigenvalue weighted by Gasteiger charge is -2.31. The van der Waals surface area contributed by atoms with E-state index in [0.29, 0.717) is 0 Å². The van der Waals surface area contributed by atoms with Gasteiger partial charge in [0.15, 0.2) is 0 Å². The topological polar surface area (TPSA) is 16.4 Å². The molecule has 294 valence electrons. The maximum Gasteiger partial charge on any atom is 0.143 e. The fourth-order valence-corrected chi connectivity index (χ4v) is 11.3. The van der Waals surface area contributed by atoms with Gasteiger partial charge in [0.25, 0.3) is 0 Å². The van der Waals surface area contributed by atoms with E-state index >= 15 is 0 Å². The van der Waals surface area contributed by atoms with Gasteiger partial charge >= 0.3 is 0 Å². The van der Waals surface area contributed by atoms with Gasteiger partial charge in [-0.3, -0.25) is 0 Å². The molecule has 0 aliphatic heterocycles. The van der Waals surface area contributed by atoms with E-state index in [9.17, 15) is 0 Å². The minimum absolute atomic E-state index is 0.901. The number of fused-ring (bicyclic) bond motifs is 10. The summed E-state index contributed by atoms with van der Waals surface area (Å²) in [5.74, 6) is 0. The second-order valence-corrected chi connectivity index (χ2v) is 17.4. The van der Waals surface area contributed by atoms with Crippen molar-refractivity contribution < 1.29 is 4.42 Å². The summed E-state index contributed by atoms with van der Waals surface area (Å²) in [5.41, 5.74) is 12.1. The largest absolute Gasteiger partial charge is 0.455 e. The first kappa shape index (κ1) is 35.7. The van der Waals surface area contributed by atoms with Crippen molar-refractivity contribution >= 4 is 103 Å². The zero-order chi connectivity index (χ0) is 41.4. The third-order valence-corrected chi connectivity index (χ3v) is 14.1. The third-order valence-electron chi connectivity index (χ3n) is 12.8. The van der Waals surface area contributed by atoms with Crippen LogP contribution in [-0.4, -0.2) is 0 Å². The molecule has 2 nitrogen and oxygen atoms in total. The first-order valence-corrected chi connectivity index (χ1v) is 22.3. The van der Waals surface area contributed by atoms with Gasteiger partial charge in [0.2, 0.25) is 0 Å². The molecule has 0 unspecified atom stereocenters. The van der Waals surface area contributed by atoms with E-state index in [1.807, 2.05) is 17.4 Å². The molecule has 0 N–H and O–H groups in total. The molecule has 0 saturated carbocycles. The Morgan fingerprint density at radius 3 is 1.78 bits per heavy atom. The standard InChI is InChI=1S/C60H37NOS/c1-2-19-43-38(15-1)16-12-28-50(43)57-51-24-5-3-20-46(51)47-21-4-6-25-52(47)58(57)61(41-35-33-39(34-36-41)44-26-13-29-53-48-22-7-9-31-55(48)62-59(44)53)42-18-11-17-40(37-42)45-27-14-30-54-49-23-8-10-32-56(49)63-60(45)54/h1-37H. The summed E-state index contributed by atoms with van der Waals surface area (Å²) in [6.07, 6.45) is 0. The monoisotopic (exact) mass is 819 g/mol. The van der Waals surface area contributed by atoms with Crippen LogP contribution >= 0.6 is 11.3 Å². The lowest BCUT2D eigenvalue weighted by Crippen LogP contribution is -2.12. The van der Waals surface area contributed by atoms with Crippen LogP contribution in [0.5, 0.6) is 0 Å². The number of nitrogens with zero attached hydrogens (tertiary/aromatic N) is 1. The lowest BCUT2D eigenvalue weighted by atomic mass is 9.88. The Hall–Kier alpha value is -7.98. The fraction of sp³-hybridized carbons (Fsp3) is 0. The average molecular weight is 820 g/mol. The second kappa shape index (κ2) is 14.3. The van der Waals surface area contributed by atoms with Crippen molar-refractivity contribution in [2.75, 3.05) is 4.90 Å². The molecule has 13 rings (SSSR count). The second-order valence-electron chi connectivity index (χ2n) is 16.3. The highest BCUT2D eigenvalue weighted by Gasteiger charge is 2.25. The number of para-hydroxylation sites is 2. The van der Waals surface area contributed by atoms with Crippen LogP contribution in [0.3, 0.4) is 0 Å². The van der Waals surface area contributed by atoms with Crippen LogP contribution in [0.1, 0.15) is 0 Å². The average Bonchev–Trinajstić information content (AvgIpc) is 3.93. The SMILES string of the molecule is c1cc(-c2cccc3c2sc2ccccc23)cc(N(c2ccc(-c3cccc4c3oc3ccccc34)cc2)c2c(-c3cccc4ccccc34)c3ccccc3c3ccccc23)c1. The van der Waals surface area contributed by atoms with Crippen LogP contribution in [0.2, 0.25) is 0 Å². The van der Waals surface area contributed by atoms with Crippen molar-refractivity contribution in [3.05, 3.63) is 224 Å². The maximum atomic E-state index is 6.54. The summed E-state index contributed by atoms with van der Waals surface area (Å²) in [5, 5.41) is 12.2. The van der Waals surface area contributed by atoms with Crippen LogP contribution in [0.25, 0.3) is 108 Å². The van der Waals surface area contributed by atoms with Crippen LogP contribution in [0, 0.1) is 0 Å². The molecule has 0 fully saturated rings. The van der Waals surface area contributed by atoms with E-state index in [1.54, 1.807) is 0 Å². The first-order chi connectivity index (χ1) is 31.3. The smallest absolute Gasteiger partial charge is 0.143 e. The van der Waals surface area contributed by atoms with E-state index in [4.69, 9.17) is 4.42 Å². The molecule has 0 bridgehead atoms. The highest BCUT2D eigenvalue weighted by molar-refractivity contribution is 7.26. The molecule has 2 heterocycles. The third kappa shape index (κ3) is 5.64. The summed E-state index contributed by atoms with van der Waals surface area (Å²) >= 11 is 1.87. The highest BCUT2D eigenvalue weighted by Crippen LogP contribution is 2.52. The molecule has 0 spiro atoms. The Balaban J connectivity index is 1.10. The first-order valence-electron chi connectivity index (χ1n) is 21.5. The summed E-state index contributed by atoms with van der Waals surface area (Å²) in [6.45, 7) is 0. The molecule has 0 aliphatic rings. The number of anilines is 3. The molecule has 0 aliphatic carbocycles. The molecule has 2 aromatic heterocycles. The van der Waals surface area contributed by atoms with Crippen molar-refractivity contribution in [3.8, 4) is 33.4 Å². The summed E-state index contributed by atoms with van der Waals surface area (Å²) in [7, 11) is 0. The van der Waals surface area contributed by atoms with Crippen molar-refractivity contribution in [2.45, 2.75) is 0 Å². The zero-order valence-corrected chi connectivity index (χ0v) is 34.9. The summed E-state index contributed by atoms with van der Waals surface area (Å²) < 4.78 is 9.15. The van der Waals surface area contributed by atoms with E-state index in [0.717, 1.165) is 50.1 Å². The van der Waals surface area contributed by atoms with Crippen LogP contribution in [0.15, 0.2) is 229 Å². The van der Waals surface area contributed by atoms with E-state index in [1.165, 1.54) is 74.7 Å². The van der Waals surface area contributed by atoms with Gasteiger partial charge in [0.1, 0.15) is 11.2 Å². The summed E-state index contributed by atoms with van der Waals surface area (Å²) in [4.78, 5) is 2.51. The molecule has 0 atom stereocenters. The molecule has 11 aromatic carbocycles. The number of rotatable bonds is 6. The number of furan rings is 1. The molecule has 0 radical (unpaired) electrons. The molecular weight excluding hydrogens is 783 g/mol. The molecular formula is C60H37NOS. The number of hydrogen-bond acceptors (Lipinski definition) is 3. The van der Waals surface area contributed by atoms with E-state index in [-0.39, 0.29) is 0 Å². The normalized spacial score (nSPS) is 11.8. The van der Waals surface area contributed by atoms with Crippen molar-refractivity contribution in [3.63, 3.8) is 0 Å². The Kier molecular flexibility index (Phi) is 8.12. The maximum absolute atomic E-state index is 6.54. The van der Waals surface area contributed by atoms with Gasteiger partial charge in [-0.25, -0.2) is 0 Å². The molecule has 63 heavy (non-hydrogen) atoms. The predicted octanol–water partition coefficient (Wildman–Crippen LogP) is 17.9. The summed E-state index contributed by atoms with van der Waals surface area (Å²) in [6, 6.07) is 81.9. The van der Waals surface area contributed by atoms with Gasteiger partial charge in [0.05, 0.1) is 5.69 Å². The number of hydrogen-bond donors (Lipinski definition) is 0. The van der Waals surface area contributed by atoms with Gasteiger partial charge < -0.3 is 9.32 Å². The Labute approximate surface area is 368 Å². The van der Waals surface area contributed by atoms with E-state index in [2.05, 4.69) is 223 Å². The van der Waals surface area contributed by atoms with Crippen LogP contribution in [-0.2, 0) is 0 Å². The van der Waals surface area contributed by atoms with Crippen LogP contribution < -0.4 is 4.90 Å². The van der Waals surface area contributed by atoms with Gasteiger partial charge in [-0.2, -0.15) is 0 Å². The number of benzene rings is 11. The molecule has 13 aromatic rings. The van der Waals surface area contributed by atoms with Gasteiger partial charge in [-0.15, -0.1) is 11.3 Å². The lowest BCUT2D eigenvalue weighted by molar-refractivity contribution is 0.670. The predicted molar refractivity (Wildman–Crippen MR) is 270 cm³/mol. The van der Waals surface area contributed by atoms with Crippen molar-refractivity contribution in [1.29, 1.82) is 0 Å². The highest BCUT2D eigenvalue weighted by atomic mass is 32.1. The van der Waals surface area contributed by atoms with E-state index < -0.39 is 0 Å². The minimum Gasteiger partial charge on any atom is -0.455 e. The minimum atomic E-state index is 0.901. The Bertz CT molecular complexity index is 3920. The number of thiophene rings is 1. The fourth-order valence-electron chi connectivity index (χ4n) is 10.0. The molecule has 3 heteroatoms.